The van der Waals surface area contributed by atoms with Crippen LogP contribution in [0.2, 0.25) is 0 Å². The molecule has 25 heavy (non-hydrogen) atoms. The van der Waals surface area contributed by atoms with Gasteiger partial charge in [-0.05, 0) is 35.9 Å². The van der Waals surface area contributed by atoms with Crippen LogP contribution in [0.4, 0.5) is 5.69 Å². The highest BCUT2D eigenvalue weighted by atomic mass is 16.6. The van der Waals surface area contributed by atoms with Crippen LogP contribution in [0.15, 0.2) is 42.5 Å². The number of fused-ring (bicyclic) bond motifs is 2. The average Bonchev–Trinajstić information content (AvgIpc) is 2.66. The molecule has 1 N–H and O–H groups in total. The number of carbonyl (C=O) groups is 1. The van der Waals surface area contributed by atoms with E-state index < -0.39 is 0 Å². The lowest BCUT2D eigenvalue weighted by atomic mass is 10.2. The Balaban J connectivity index is 1.42. The van der Waals surface area contributed by atoms with Gasteiger partial charge in [-0.2, -0.15) is 0 Å². The summed E-state index contributed by atoms with van der Waals surface area (Å²) >= 11 is 0. The van der Waals surface area contributed by atoms with Gasteiger partial charge in [0.15, 0.2) is 23.0 Å². The van der Waals surface area contributed by atoms with Crippen LogP contribution in [0, 0.1) is 0 Å². The Hall–Kier alpha value is -3.15. The number of amides is 1. The van der Waals surface area contributed by atoms with Crippen LogP contribution in [0.25, 0.3) is 6.08 Å². The van der Waals surface area contributed by atoms with Crippen LogP contribution in [0.3, 0.4) is 0 Å². The number of ether oxygens (including phenoxy) is 4. The molecule has 2 aromatic carbocycles. The van der Waals surface area contributed by atoms with E-state index in [1.807, 2.05) is 18.2 Å². The van der Waals surface area contributed by atoms with Crippen molar-refractivity contribution in [3.05, 3.63) is 48.0 Å². The van der Waals surface area contributed by atoms with E-state index in [9.17, 15) is 4.79 Å². The second-order valence-corrected chi connectivity index (χ2v) is 5.58. The fourth-order valence-electron chi connectivity index (χ4n) is 2.64. The molecular formula is C19H17NO5. The van der Waals surface area contributed by atoms with Crippen molar-refractivity contribution in [2.75, 3.05) is 31.7 Å². The molecule has 2 aliphatic heterocycles. The molecule has 0 unspecified atom stereocenters. The predicted octanol–water partition coefficient (Wildman–Crippen LogP) is 2.88. The highest BCUT2D eigenvalue weighted by Gasteiger charge is 2.13. The van der Waals surface area contributed by atoms with Crippen LogP contribution in [0.1, 0.15) is 5.56 Å². The second-order valence-electron chi connectivity index (χ2n) is 5.58. The third-order valence-electron chi connectivity index (χ3n) is 3.80. The number of anilines is 1. The van der Waals surface area contributed by atoms with Gasteiger partial charge in [0.2, 0.25) is 5.91 Å². The molecule has 0 saturated heterocycles. The third kappa shape index (κ3) is 3.52. The Kier molecular flexibility index (Phi) is 4.16. The fraction of sp³-hybridized carbons (Fsp3) is 0.211. The quantitative estimate of drug-likeness (QED) is 0.871. The molecule has 6 heteroatoms. The summed E-state index contributed by atoms with van der Waals surface area (Å²) < 4.78 is 22.0. The molecule has 1 amide bonds. The van der Waals surface area contributed by atoms with Gasteiger partial charge < -0.3 is 24.3 Å². The molecule has 0 spiro atoms. The van der Waals surface area contributed by atoms with Crippen LogP contribution < -0.4 is 24.3 Å². The van der Waals surface area contributed by atoms with Crippen molar-refractivity contribution in [2.24, 2.45) is 0 Å². The predicted molar refractivity (Wildman–Crippen MR) is 92.5 cm³/mol. The normalized spacial score (nSPS) is 15.0. The van der Waals surface area contributed by atoms with E-state index >= 15 is 0 Å². The van der Waals surface area contributed by atoms with Crippen LogP contribution in [-0.4, -0.2) is 32.3 Å². The van der Waals surface area contributed by atoms with Crippen molar-refractivity contribution in [1.29, 1.82) is 0 Å². The van der Waals surface area contributed by atoms with Gasteiger partial charge >= 0.3 is 0 Å². The van der Waals surface area contributed by atoms with E-state index in [0.717, 1.165) is 11.3 Å². The summed E-state index contributed by atoms with van der Waals surface area (Å²) in [4.78, 5) is 12.1. The zero-order chi connectivity index (χ0) is 17.1. The minimum atomic E-state index is -0.230. The third-order valence-corrected chi connectivity index (χ3v) is 3.80. The van der Waals surface area contributed by atoms with Gasteiger partial charge in [-0.3, -0.25) is 4.79 Å². The van der Waals surface area contributed by atoms with Crippen molar-refractivity contribution in [2.45, 2.75) is 0 Å². The summed E-state index contributed by atoms with van der Waals surface area (Å²) in [6.45, 7) is 2.14. The van der Waals surface area contributed by atoms with E-state index in [-0.39, 0.29) is 5.91 Å². The van der Waals surface area contributed by atoms with Gasteiger partial charge in [-0.25, -0.2) is 0 Å². The lowest BCUT2D eigenvalue weighted by Gasteiger charge is -2.18. The van der Waals surface area contributed by atoms with Crippen molar-refractivity contribution in [3.8, 4) is 23.0 Å². The summed E-state index contributed by atoms with van der Waals surface area (Å²) in [6, 6.07) is 10.9. The topological polar surface area (TPSA) is 66.0 Å². The van der Waals surface area contributed by atoms with E-state index in [1.54, 1.807) is 24.3 Å². The molecule has 0 bridgehead atoms. The Bertz CT molecular complexity index is 831. The number of hydrogen-bond donors (Lipinski definition) is 1. The molecule has 0 saturated carbocycles. The summed E-state index contributed by atoms with van der Waals surface area (Å²) in [6.07, 6.45) is 3.20. The molecule has 0 atom stereocenters. The lowest BCUT2D eigenvalue weighted by Crippen LogP contribution is -2.16. The molecule has 6 nitrogen and oxygen atoms in total. The van der Waals surface area contributed by atoms with E-state index in [1.165, 1.54) is 6.08 Å². The molecule has 2 aliphatic rings. The van der Waals surface area contributed by atoms with Gasteiger partial charge in [0, 0.05) is 17.8 Å². The first-order valence-corrected chi connectivity index (χ1v) is 8.06. The number of carbonyl (C=O) groups excluding carboxylic acids is 1. The number of benzene rings is 2. The molecule has 2 heterocycles. The monoisotopic (exact) mass is 339 g/mol. The Labute approximate surface area is 145 Å². The molecule has 4 rings (SSSR count). The van der Waals surface area contributed by atoms with Crippen molar-refractivity contribution < 1.29 is 23.7 Å². The first-order valence-electron chi connectivity index (χ1n) is 8.06. The van der Waals surface area contributed by atoms with Crippen molar-refractivity contribution >= 4 is 17.7 Å². The van der Waals surface area contributed by atoms with Crippen LogP contribution in [-0.2, 0) is 4.79 Å². The molecule has 0 aliphatic carbocycles. The summed E-state index contributed by atoms with van der Waals surface area (Å²) in [7, 11) is 0. The SMILES string of the molecule is O=C(/C=C/c1ccc2c(c1)OCCO2)Nc1ccc2c(c1)OCCO2. The summed E-state index contributed by atoms with van der Waals surface area (Å²) in [5.41, 5.74) is 1.52. The van der Waals surface area contributed by atoms with Crippen molar-refractivity contribution in [1.82, 2.24) is 0 Å². The first-order chi connectivity index (χ1) is 12.3. The number of rotatable bonds is 3. The van der Waals surface area contributed by atoms with Gasteiger partial charge in [0.25, 0.3) is 0 Å². The maximum absolute atomic E-state index is 12.1. The van der Waals surface area contributed by atoms with Gasteiger partial charge in [-0.1, -0.05) is 6.07 Å². The molecular weight excluding hydrogens is 322 g/mol. The minimum Gasteiger partial charge on any atom is -0.486 e. The van der Waals surface area contributed by atoms with Gasteiger partial charge in [-0.15, -0.1) is 0 Å². The minimum absolute atomic E-state index is 0.230. The summed E-state index contributed by atoms with van der Waals surface area (Å²) in [5, 5.41) is 2.81. The maximum atomic E-state index is 12.1. The number of hydrogen-bond acceptors (Lipinski definition) is 5. The first kappa shape index (κ1) is 15.4. The Morgan fingerprint density at radius 3 is 2.12 bits per heavy atom. The van der Waals surface area contributed by atoms with Crippen molar-refractivity contribution in [3.63, 3.8) is 0 Å². The highest BCUT2D eigenvalue weighted by molar-refractivity contribution is 6.02. The van der Waals surface area contributed by atoms with E-state index in [2.05, 4.69) is 5.32 Å². The van der Waals surface area contributed by atoms with E-state index in [4.69, 9.17) is 18.9 Å². The molecule has 0 fully saturated rings. The van der Waals surface area contributed by atoms with Crippen LogP contribution >= 0.6 is 0 Å². The smallest absolute Gasteiger partial charge is 0.248 e. The molecule has 2 aromatic rings. The summed E-state index contributed by atoms with van der Waals surface area (Å²) in [5.74, 6) is 2.52. The van der Waals surface area contributed by atoms with Crippen LogP contribution in [0.5, 0.6) is 23.0 Å². The molecule has 0 radical (unpaired) electrons. The second kappa shape index (κ2) is 6.76. The fourth-order valence-corrected chi connectivity index (χ4v) is 2.64. The maximum Gasteiger partial charge on any atom is 0.248 e. The lowest BCUT2D eigenvalue weighted by molar-refractivity contribution is -0.111. The number of nitrogens with one attached hydrogen (secondary N) is 1. The Morgan fingerprint density at radius 1 is 0.800 bits per heavy atom. The van der Waals surface area contributed by atoms with Gasteiger partial charge in [0.1, 0.15) is 26.4 Å². The Morgan fingerprint density at radius 2 is 1.40 bits per heavy atom. The highest BCUT2D eigenvalue weighted by Crippen LogP contribution is 2.33. The standard InChI is InChI=1S/C19H17NO5/c21-19(20-14-3-5-16-18(12-14)25-10-8-23-16)6-2-13-1-4-15-17(11-13)24-9-7-22-15/h1-6,11-12H,7-10H2,(H,20,21)/b6-2+. The molecule has 128 valence electrons. The molecule has 0 aromatic heterocycles. The zero-order valence-electron chi connectivity index (χ0n) is 13.5. The average molecular weight is 339 g/mol. The largest absolute Gasteiger partial charge is 0.486 e. The zero-order valence-corrected chi connectivity index (χ0v) is 13.5. The van der Waals surface area contributed by atoms with E-state index in [0.29, 0.717) is 49.4 Å². The van der Waals surface area contributed by atoms with Gasteiger partial charge in [0.05, 0.1) is 0 Å².